The molecule has 1 aliphatic rings. The number of piperidine rings is 1. The minimum atomic E-state index is -3.85. The fourth-order valence-electron chi connectivity index (χ4n) is 2.08. The number of benzene rings is 1. The first-order valence-electron chi connectivity index (χ1n) is 6.18. The van der Waals surface area contributed by atoms with Crippen molar-refractivity contribution < 1.29 is 17.5 Å². The summed E-state index contributed by atoms with van der Waals surface area (Å²) in [7, 11) is -2.43. The number of rotatable bonds is 4. The van der Waals surface area contributed by atoms with Crippen LogP contribution in [-0.2, 0) is 10.2 Å². The lowest BCUT2D eigenvalue weighted by Gasteiger charge is -2.28. The molecule has 0 aromatic heterocycles. The molecule has 1 heterocycles. The molecule has 0 radical (unpaired) electrons. The highest BCUT2D eigenvalue weighted by atomic mass is 35.5. The Morgan fingerprint density at radius 1 is 1.50 bits per heavy atom. The van der Waals surface area contributed by atoms with Crippen molar-refractivity contribution in [2.24, 2.45) is 0 Å². The number of nitrogens with zero attached hydrogens (tertiary/aromatic N) is 1. The summed E-state index contributed by atoms with van der Waals surface area (Å²) in [6.45, 7) is 0.157. The van der Waals surface area contributed by atoms with Gasteiger partial charge in [0.25, 0.3) is 0 Å². The molecule has 1 atom stereocenters. The Hall–Kier alpha value is -1.05. The molecule has 20 heavy (non-hydrogen) atoms. The van der Waals surface area contributed by atoms with Crippen molar-refractivity contribution in [3.63, 3.8) is 0 Å². The Morgan fingerprint density at radius 2 is 2.25 bits per heavy atom. The van der Waals surface area contributed by atoms with Crippen LogP contribution in [0.15, 0.2) is 18.2 Å². The second-order valence-corrected chi connectivity index (χ2v) is 6.60. The van der Waals surface area contributed by atoms with E-state index in [0.717, 1.165) is 4.31 Å². The second-order valence-electron chi connectivity index (χ2n) is 4.52. The van der Waals surface area contributed by atoms with Gasteiger partial charge in [-0.05, 0) is 25.0 Å². The van der Waals surface area contributed by atoms with E-state index in [2.05, 4.69) is 4.72 Å². The van der Waals surface area contributed by atoms with Crippen LogP contribution < -0.4 is 9.46 Å². The number of alkyl halides is 1. The molecule has 0 amide bonds. The average molecular weight is 323 g/mol. The van der Waals surface area contributed by atoms with E-state index < -0.39 is 16.4 Å². The van der Waals surface area contributed by atoms with Gasteiger partial charge in [-0.25, -0.2) is 4.39 Å². The fourth-order valence-corrected chi connectivity index (χ4v) is 3.67. The topological polar surface area (TPSA) is 58.6 Å². The van der Waals surface area contributed by atoms with E-state index in [1.54, 1.807) is 18.2 Å². The molecule has 1 aliphatic heterocycles. The van der Waals surface area contributed by atoms with Crippen LogP contribution in [0.25, 0.3) is 0 Å². The number of para-hydroxylation sites is 1. The van der Waals surface area contributed by atoms with E-state index in [1.165, 1.54) is 7.11 Å². The van der Waals surface area contributed by atoms with Gasteiger partial charge in [0.05, 0.1) is 12.1 Å². The van der Waals surface area contributed by atoms with Gasteiger partial charge in [0.15, 0.2) is 0 Å². The van der Waals surface area contributed by atoms with Gasteiger partial charge in [0.2, 0.25) is 0 Å². The van der Waals surface area contributed by atoms with Gasteiger partial charge in [-0.2, -0.15) is 12.7 Å². The minimum absolute atomic E-state index is 0.137. The van der Waals surface area contributed by atoms with Crippen molar-refractivity contribution in [2.45, 2.75) is 19.0 Å². The van der Waals surface area contributed by atoms with Crippen molar-refractivity contribution >= 4 is 27.5 Å². The smallest absolute Gasteiger partial charge is 0.301 e. The lowest BCUT2D eigenvalue weighted by atomic mass is 10.1. The van der Waals surface area contributed by atoms with Crippen molar-refractivity contribution in [3.8, 4) is 5.75 Å². The van der Waals surface area contributed by atoms with Crippen LogP contribution in [0.2, 0.25) is 5.02 Å². The molecule has 2 rings (SSSR count). The normalized spacial score (nSPS) is 20.6. The van der Waals surface area contributed by atoms with Crippen LogP contribution >= 0.6 is 11.6 Å². The Bertz CT molecular complexity index is 582. The monoisotopic (exact) mass is 322 g/mol. The van der Waals surface area contributed by atoms with Crippen molar-refractivity contribution in [3.05, 3.63) is 23.2 Å². The van der Waals surface area contributed by atoms with Crippen LogP contribution in [0, 0.1) is 0 Å². The molecular formula is C12H16ClFN2O3S. The molecule has 0 saturated carbocycles. The highest BCUT2D eigenvalue weighted by Gasteiger charge is 2.29. The molecule has 1 N–H and O–H groups in total. The first kappa shape index (κ1) is 15.3. The van der Waals surface area contributed by atoms with Crippen LogP contribution in [0.5, 0.6) is 5.75 Å². The molecule has 1 fully saturated rings. The average Bonchev–Trinajstić information content (AvgIpc) is 2.41. The van der Waals surface area contributed by atoms with Crippen molar-refractivity contribution in [1.82, 2.24) is 4.31 Å². The largest absolute Gasteiger partial charge is 0.494 e. The van der Waals surface area contributed by atoms with E-state index in [9.17, 15) is 12.8 Å². The minimum Gasteiger partial charge on any atom is -0.494 e. The zero-order chi connectivity index (χ0) is 14.8. The molecule has 1 aromatic rings. The third-order valence-corrected chi connectivity index (χ3v) is 4.88. The first-order chi connectivity index (χ1) is 9.44. The van der Waals surface area contributed by atoms with Gasteiger partial charge in [-0.3, -0.25) is 4.72 Å². The maximum Gasteiger partial charge on any atom is 0.301 e. The standard InChI is InChI=1S/C12H16ClFN2O3S/c1-19-11-6-2-5-10(13)12(11)15-20(17,18)16-7-3-4-9(14)8-16/h2,5-6,9,15H,3-4,7-8H2,1H3. The number of hydrogen-bond donors (Lipinski definition) is 1. The van der Waals surface area contributed by atoms with Crippen LogP contribution in [0.1, 0.15) is 12.8 Å². The van der Waals surface area contributed by atoms with Gasteiger partial charge in [-0.1, -0.05) is 17.7 Å². The maximum absolute atomic E-state index is 13.3. The summed E-state index contributed by atoms with van der Waals surface area (Å²) in [4.78, 5) is 0. The maximum atomic E-state index is 13.3. The molecule has 0 spiro atoms. The van der Waals surface area contributed by atoms with E-state index in [1.807, 2.05) is 0 Å². The molecule has 0 bridgehead atoms. The summed E-state index contributed by atoms with van der Waals surface area (Å²) in [5, 5.41) is 0.224. The van der Waals surface area contributed by atoms with E-state index in [-0.39, 0.29) is 17.3 Å². The van der Waals surface area contributed by atoms with E-state index in [0.29, 0.717) is 25.1 Å². The molecule has 5 nitrogen and oxygen atoms in total. The third-order valence-electron chi connectivity index (χ3n) is 3.09. The van der Waals surface area contributed by atoms with Crippen molar-refractivity contribution in [1.29, 1.82) is 0 Å². The van der Waals surface area contributed by atoms with Crippen LogP contribution in [-0.4, -0.2) is 39.1 Å². The van der Waals surface area contributed by atoms with Crippen LogP contribution in [0.4, 0.5) is 10.1 Å². The molecule has 1 unspecified atom stereocenters. The Kier molecular flexibility index (Phi) is 4.72. The summed E-state index contributed by atoms with van der Waals surface area (Å²) in [5.41, 5.74) is 0.164. The zero-order valence-electron chi connectivity index (χ0n) is 11.0. The van der Waals surface area contributed by atoms with Gasteiger partial charge >= 0.3 is 10.2 Å². The van der Waals surface area contributed by atoms with Gasteiger partial charge in [-0.15, -0.1) is 0 Å². The number of halogens is 2. The predicted octanol–water partition coefficient (Wildman–Crippen LogP) is 2.44. The van der Waals surface area contributed by atoms with E-state index in [4.69, 9.17) is 16.3 Å². The van der Waals surface area contributed by atoms with E-state index >= 15 is 0 Å². The third kappa shape index (κ3) is 3.34. The molecule has 0 aliphatic carbocycles. The van der Waals surface area contributed by atoms with Crippen molar-refractivity contribution in [2.75, 3.05) is 24.9 Å². The fraction of sp³-hybridized carbons (Fsp3) is 0.500. The summed E-state index contributed by atoms with van der Waals surface area (Å²) < 4.78 is 46.4. The zero-order valence-corrected chi connectivity index (χ0v) is 12.5. The van der Waals surface area contributed by atoms with Gasteiger partial charge in [0.1, 0.15) is 17.6 Å². The lowest BCUT2D eigenvalue weighted by Crippen LogP contribution is -2.43. The second kappa shape index (κ2) is 6.15. The number of methoxy groups -OCH3 is 1. The first-order valence-corrected chi connectivity index (χ1v) is 8.00. The molecule has 112 valence electrons. The van der Waals surface area contributed by atoms with Gasteiger partial charge < -0.3 is 4.74 Å². The number of ether oxygens (including phenoxy) is 1. The quantitative estimate of drug-likeness (QED) is 0.926. The number of anilines is 1. The van der Waals surface area contributed by atoms with Crippen LogP contribution in [0.3, 0.4) is 0 Å². The Labute approximate surface area is 122 Å². The van der Waals surface area contributed by atoms with Gasteiger partial charge in [0, 0.05) is 13.1 Å². The Balaban J connectivity index is 2.24. The molecule has 1 saturated heterocycles. The predicted molar refractivity (Wildman–Crippen MR) is 76.2 cm³/mol. The highest BCUT2D eigenvalue weighted by molar-refractivity contribution is 7.90. The summed E-state index contributed by atoms with van der Waals surface area (Å²) in [6, 6.07) is 4.80. The lowest BCUT2D eigenvalue weighted by molar-refractivity contribution is 0.203. The molecule has 8 heteroatoms. The molecular weight excluding hydrogens is 307 g/mol. The summed E-state index contributed by atoms with van der Waals surface area (Å²) in [5.74, 6) is 0.315. The highest BCUT2D eigenvalue weighted by Crippen LogP contribution is 2.33. The summed E-state index contributed by atoms with van der Waals surface area (Å²) >= 11 is 5.98. The SMILES string of the molecule is COc1cccc(Cl)c1NS(=O)(=O)N1CCCC(F)C1. The Morgan fingerprint density at radius 3 is 2.90 bits per heavy atom. The molecule has 1 aromatic carbocycles. The number of hydrogen-bond acceptors (Lipinski definition) is 3. The summed E-state index contributed by atoms with van der Waals surface area (Å²) in [6.07, 6.45) is -0.239. The number of nitrogens with one attached hydrogen (secondary N) is 1.